The summed E-state index contributed by atoms with van der Waals surface area (Å²) >= 11 is 0. The molecule has 0 aromatic heterocycles. The van der Waals surface area contributed by atoms with Crippen LogP contribution in [0.2, 0.25) is 0 Å². The Hall–Kier alpha value is -0.830. The van der Waals surface area contributed by atoms with Gasteiger partial charge in [-0.15, -0.1) is 0 Å². The molecule has 1 heterocycles. The van der Waals surface area contributed by atoms with E-state index in [1.165, 1.54) is 68.9 Å². The Morgan fingerprint density at radius 1 is 1.06 bits per heavy atom. The molecule has 192 valence electrons. The molecule has 10 atom stereocenters. The average Bonchev–Trinajstić information content (AvgIpc) is 3.33. The van der Waals surface area contributed by atoms with Crippen molar-refractivity contribution in [3.8, 4) is 0 Å². The van der Waals surface area contributed by atoms with Crippen molar-refractivity contribution in [1.82, 2.24) is 5.01 Å². The second kappa shape index (κ2) is 9.24. The molecule has 0 radical (unpaired) electrons. The zero-order valence-electron chi connectivity index (χ0n) is 23.3. The summed E-state index contributed by atoms with van der Waals surface area (Å²) in [6, 6.07) is 0.442. The minimum absolute atomic E-state index is 0.442. The Kier molecular flexibility index (Phi) is 6.75. The summed E-state index contributed by atoms with van der Waals surface area (Å²) in [6.45, 7) is 16.8. The first kappa shape index (κ1) is 24.8. The molecule has 0 bridgehead atoms. The molecule has 0 saturated heterocycles. The van der Waals surface area contributed by atoms with Gasteiger partial charge < -0.3 is 4.74 Å². The van der Waals surface area contributed by atoms with Crippen molar-refractivity contribution in [2.45, 2.75) is 105 Å². The van der Waals surface area contributed by atoms with Crippen molar-refractivity contribution in [2.24, 2.45) is 57.4 Å². The van der Waals surface area contributed by atoms with Crippen LogP contribution in [0.3, 0.4) is 0 Å². The third kappa shape index (κ3) is 4.00. The maximum absolute atomic E-state index is 5.57. The third-order valence-corrected chi connectivity index (χ3v) is 12.1. The molecule has 4 fully saturated rings. The molecule has 3 heteroatoms. The number of methoxy groups -OCH3 is 1. The van der Waals surface area contributed by atoms with Crippen molar-refractivity contribution < 1.29 is 4.74 Å². The maximum atomic E-state index is 5.57. The SMILES string of the molecule is COCC1CCC2C3CCC4(C)C(C(C)CN5N=CC(=C(C)C)C5C)CCC4C3CCC2(C)C1. The summed E-state index contributed by atoms with van der Waals surface area (Å²) in [6.07, 6.45) is 15.3. The van der Waals surface area contributed by atoms with E-state index in [9.17, 15) is 0 Å². The highest BCUT2D eigenvalue weighted by Crippen LogP contribution is 2.67. The first-order valence-corrected chi connectivity index (χ1v) is 14.6. The molecule has 4 aliphatic carbocycles. The van der Waals surface area contributed by atoms with E-state index in [0.717, 1.165) is 54.6 Å². The zero-order valence-corrected chi connectivity index (χ0v) is 23.3. The van der Waals surface area contributed by atoms with Crippen LogP contribution >= 0.6 is 0 Å². The van der Waals surface area contributed by atoms with Crippen LogP contribution in [-0.2, 0) is 4.74 Å². The van der Waals surface area contributed by atoms with Gasteiger partial charge in [0, 0.05) is 20.3 Å². The van der Waals surface area contributed by atoms with Crippen molar-refractivity contribution in [1.29, 1.82) is 0 Å². The molecule has 5 aliphatic rings. The number of allylic oxidation sites excluding steroid dienone is 1. The number of hydrogen-bond donors (Lipinski definition) is 0. The first-order valence-electron chi connectivity index (χ1n) is 14.6. The number of nitrogens with zero attached hydrogens (tertiary/aromatic N) is 2. The van der Waals surface area contributed by atoms with Gasteiger partial charge in [0.25, 0.3) is 0 Å². The molecule has 5 rings (SSSR count). The zero-order chi connectivity index (χ0) is 24.3. The normalized spacial score (nSPS) is 46.7. The second-order valence-corrected chi connectivity index (χ2v) is 14.0. The summed E-state index contributed by atoms with van der Waals surface area (Å²) in [5, 5.41) is 7.23. The minimum atomic E-state index is 0.442. The average molecular weight is 469 g/mol. The number of ether oxygens (including phenoxy) is 1. The third-order valence-electron chi connectivity index (χ3n) is 12.1. The van der Waals surface area contributed by atoms with Crippen molar-refractivity contribution in [3.63, 3.8) is 0 Å². The van der Waals surface area contributed by atoms with Gasteiger partial charge in [-0.1, -0.05) is 26.3 Å². The van der Waals surface area contributed by atoms with Gasteiger partial charge in [-0.2, -0.15) is 5.10 Å². The molecule has 0 amide bonds. The maximum Gasteiger partial charge on any atom is 0.0706 e. The van der Waals surface area contributed by atoms with E-state index < -0.39 is 0 Å². The summed E-state index contributed by atoms with van der Waals surface area (Å²) in [7, 11) is 1.89. The van der Waals surface area contributed by atoms with Crippen LogP contribution in [0.1, 0.15) is 99.3 Å². The highest BCUT2D eigenvalue weighted by molar-refractivity contribution is 5.82. The molecule has 0 aromatic rings. The molecular formula is C31H52N2O. The van der Waals surface area contributed by atoms with Crippen molar-refractivity contribution in [3.05, 3.63) is 11.1 Å². The fraction of sp³-hybridized carbons (Fsp3) is 0.903. The minimum Gasteiger partial charge on any atom is -0.384 e. The van der Waals surface area contributed by atoms with Crippen LogP contribution in [0.4, 0.5) is 0 Å². The van der Waals surface area contributed by atoms with E-state index in [-0.39, 0.29) is 0 Å². The lowest BCUT2D eigenvalue weighted by Crippen LogP contribution is -2.52. The predicted octanol–water partition coefficient (Wildman–Crippen LogP) is 7.57. The Morgan fingerprint density at radius 2 is 1.76 bits per heavy atom. The fourth-order valence-corrected chi connectivity index (χ4v) is 10.5. The van der Waals surface area contributed by atoms with Gasteiger partial charge in [-0.25, -0.2) is 0 Å². The Bertz CT molecular complexity index is 814. The molecule has 0 spiro atoms. The fourth-order valence-electron chi connectivity index (χ4n) is 10.5. The highest BCUT2D eigenvalue weighted by atomic mass is 16.5. The van der Waals surface area contributed by atoms with Gasteiger partial charge in [-0.05, 0) is 136 Å². The van der Waals surface area contributed by atoms with Crippen LogP contribution < -0.4 is 0 Å². The number of hydrogen-bond acceptors (Lipinski definition) is 3. The predicted molar refractivity (Wildman–Crippen MR) is 143 cm³/mol. The Morgan fingerprint density at radius 3 is 2.47 bits per heavy atom. The largest absolute Gasteiger partial charge is 0.384 e. The van der Waals surface area contributed by atoms with Crippen LogP contribution in [-0.4, -0.2) is 37.5 Å². The van der Waals surface area contributed by atoms with Gasteiger partial charge in [0.15, 0.2) is 0 Å². The van der Waals surface area contributed by atoms with E-state index in [1.54, 1.807) is 0 Å². The molecule has 0 aromatic carbocycles. The lowest BCUT2D eigenvalue weighted by molar-refractivity contribution is -0.112. The lowest BCUT2D eigenvalue weighted by Gasteiger charge is -2.60. The molecular weight excluding hydrogens is 416 g/mol. The molecule has 34 heavy (non-hydrogen) atoms. The summed E-state index contributed by atoms with van der Waals surface area (Å²) in [5.41, 5.74) is 3.97. The standard InChI is InChI=1S/C31H52N2O/c1-20(2)26-17-32-33(22(26)4)18-21(3)27-10-11-29-25-12-14-30(5)16-23(19-34-7)8-9-28(30)24(25)13-15-31(27,29)6/h17,21-25,27-29H,8-16,18-19H2,1-7H3. The van der Waals surface area contributed by atoms with Crippen LogP contribution in [0.25, 0.3) is 0 Å². The van der Waals surface area contributed by atoms with Gasteiger partial charge in [0.05, 0.1) is 12.3 Å². The topological polar surface area (TPSA) is 24.8 Å². The number of rotatable bonds is 5. The van der Waals surface area contributed by atoms with Crippen molar-refractivity contribution >= 4 is 6.21 Å². The molecule has 10 unspecified atom stereocenters. The lowest BCUT2D eigenvalue weighted by atomic mass is 9.45. The van der Waals surface area contributed by atoms with Crippen LogP contribution in [0, 0.1) is 52.3 Å². The van der Waals surface area contributed by atoms with E-state index in [4.69, 9.17) is 9.84 Å². The molecule has 3 nitrogen and oxygen atoms in total. The van der Waals surface area contributed by atoms with Gasteiger partial charge in [-0.3, -0.25) is 5.01 Å². The molecule has 1 aliphatic heterocycles. The van der Waals surface area contributed by atoms with Gasteiger partial charge in [0.2, 0.25) is 0 Å². The molecule has 4 saturated carbocycles. The quantitative estimate of drug-likeness (QED) is 0.415. The monoisotopic (exact) mass is 468 g/mol. The Labute approximate surface area is 210 Å². The van der Waals surface area contributed by atoms with E-state index in [0.29, 0.717) is 16.9 Å². The highest BCUT2D eigenvalue weighted by Gasteiger charge is 2.59. The smallest absolute Gasteiger partial charge is 0.0706 e. The van der Waals surface area contributed by atoms with E-state index in [2.05, 4.69) is 52.8 Å². The van der Waals surface area contributed by atoms with Crippen molar-refractivity contribution in [2.75, 3.05) is 20.3 Å². The summed E-state index contributed by atoms with van der Waals surface area (Å²) in [4.78, 5) is 0. The van der Waals surface area contributed by atoms with Gasteiger partial charge in [0.1, 0.15) is 0 Å². The molecule has 0 N–H and O–H groups in total. The van der Waals surface area contributed by atoms with Crippen LogP contribution in [0.15, 0.2) is 16.2 Å². The number of hydrazone groups is 1. The number of fused-ring (bicyclic) bond motifs is 5. The Balaban J connectivity index is 1.27. The van der Waals surface area contributed by atoms with E-state index >= 15 is 0 Å². The summed E-state index contributed by atoms with van der Waals surface area (Å²) in [5.74, 6) is 6.32. The second-order valence-electron chi connectivity index (χ2n) is 14.0. The van der Waals surface area contributed by atoms with Crippen LogP contribution in [0.5, 0.6) is 0 Å². The first-order chi connectivity index (χ1) is 16.2. The van der Waals surface area contributed by atoms with E-state index in [1.807, 2.05) is 7.11 Å². The van der Waals surface area contributed by atoms with Gasteiger partial charge >= 0.3 is 0 Å². The summed E-state index contributed by atoms with van der Waals surface area (Å²) < 4.78 is 5.57.